The van der Waals surface area contributed by atoms with E-state index in [1.54, 1.807) is 6.61 Å². The Morgan fingerprint density at radius 3 is 1.73 bits per heavy atom. The second-order valence-electron chi connectivity index (χ2n) is 1.14. The molecule has 0 aromatic heterocycles. The summed E-state index contributed by atoms with van der Waals surface area (Å²) in [5, 5.41) is 0. The third-order valence-electron chi connectivity index (χ3n) is 0.333. The van der Waals surface area contributed by atoms with Crippen molar-refractivity contribution >= 4 is 10.4 Å². The van der Waals surface area contributed by atoms with Crippen LogP contribution in [-0.2, 0) is 15.1 Å². The molecule has 11 heavy (non-hydrogen) atoms. The topological polar surface area (TPSA) is 83.8 Å². The molecule has 0 bridgehead atoms. The maximum Gasteiger partial charge on any atom is 1.00 e. The van der Waals surface area contributed by atoms with Crippen LogP contribution < -0.4 is 29.6 Å². The number of ether oxygens (including phenoxy) is 1. The van der Waals surface area contributed by atoms with E-state index in [1.807, 2.05) is 13.8 Å². The van der Waals surface area contributed by atoms with Gasteiger partial charge < -0.3 is 4.74 Å². The molecule has 0 aliphatic heterocycles. The third-order valence-corrected chi connectivity index (χ3v) is 0.333. The smallest absolute Gasteiger partial charge is 0.552 e. The predicted octanol–water partition coefficient (Wildman–Crippen LogP) is -2.44. The van der Waals surface area contributed by atoms with Gasteiger partial charge in [0.15, 0.2) is 0 Å². The summed E-state index contributed by atoms with van der Waals surface area (Å²) < 4.78 is 36.3. The van der Waals surface area contributed by atoms with Gasteiger partial charge in [-0.25, -0.2) is 6.61 Å². The van der Waals surface area contributed by atoms with E-state index in [1.165, 1.54) is 0 Å². The minimum absolute atomic E-state index is 0. The second-order valence-corrected chi connectivity index (χ2v) is 2.03. The van der Waals surface area contributed by atoms with Crippen LogP contribution in [0.3, 0.4) is 0 Å². The zero-order valence-electron chi connectivity index (χ0n) is 6.81. The van der Waals surface area contributed by atoms with Crippen molar-refractivity contribution in [3.05, 3.63) is 6.61 Å². The van der Waals surface area contributed by atoms with Gasteiger partial charge in [0.1, 0.15) is 0 Å². The summed E-state index contributed by atoms with van der Waals surface area (Å²) in [5.41, 5.74) is 0. The first-order valence-corrected chi connectivity index (χ1v) is 3.90. The van der Waals surface area contributed by atoms with Crippen molar-refractivity contribution in [1.29, 1.82) is 0 Å². The fourth-order valence-corrected chi connectivity index (χ4v) is 0.167. The Labute approximate surface area is 89.0 Å². The summed E-state index contributed by atoms with van der Waals surface area (Å²) >= 11 is 0. The molecule has 0 aromatic carbocycles. The van der Waals surface area contributed by atoms with Crippen molar-refractivity contribution in [2.45, 2.75) is 13.8 Å². The summed E-state index contributed by atoms with van der Waals surface area (Å²) in [6.07, 6.45) is 0. The van der Waals surface area contributed by atoms with Crippen molar-refractivity contribution in [1.82, 2.24) is 0 Å². The minimum atomic E-state index is -4.67. The maximum absolute atomic E-state index is 8.74. The zero-order chi connectivity index (χ0) is 8.62. The monoisotopic (exact) mass is 194 g/mol. The van der Waals surface area contributed by atoms with Gasteiger partial charge in [0, 0.05) is 6.61 Å². The molecule has 0 aromatic rings. The van der Waals surface area contributed by atoms with Crippen molar-refractivity contribution in [2.75, 3.05) is 6.61 Å². The summed E-state index contributed by atoms with van der Waals surface area (Å²) in [7, 11) is -4.67. The van der Waals surface area contributed by atoms with Crippen LogP contribution >= 0.6 is 0 Å². The van der Waals surface area contributed by atoms with Gasteiger partial charge >= 0.3 is 40.0 Å². The van der Waals surface area contributed by atoms with Crippen LogP contribution in [0.2, 0.25) is 0 Å². The molecule has 0 radical (unpaired) electrons. The quantitative estimate of drug-likeness (QED) is 0.290. The van der Waals surface area contributed by atoms with Crippen LogP contribution in [0, 0.1) is 6.61 Å². The van der Waals surface area contributed by atoms with Crippen molar-refractivity contribution < 1.29 is 51.8 Å². The number of hydrogen-bond donors (Lipinski definition) is 2. The first-order valence-electron chi connectivity index (χ1n) is 2.51. The molecule has 2 N–H and O–H groups in total. The van der Waals surface area contributed by atoms with Crippen LogP contribution in [0.5, 0.6) is 0 Å². The Balaban J connectivity index is -0.000000107. The molecule has 0 saturated carbocycles. The molecule has 7 heteroatoms. The van der Waals surface area contributed by atoms with E-state index in [2.05, 4.69) is 0 Å². The molecule has 64 valence electrons. The normalized spacial score (nSPS) is 9.09. The fourth-order valence-electron chi connectivity index (χ4n) is 0.167. The Morgan fingerprint density at radius 1 is 1.45 bits per heavy atom. The van der Waals surface area contributed by atoms with Crippen LogP contribution in [-0.4, -0.2) is 24.1 Å². The fraction of sp³-hybridized carbons (Fsp3) is 0.750. The SMILES string of the molecule is C[CH-]OCC.O=S(=O)(O)O.[Na+]. The van der Waals surface area contributed by atoms with Gasteiger partial charge in [-0.15, -0.1) is 0 Å². The van der Waals surface area contributed by atoms with Crippen LogP contribution in [0.15, 0.2) is 0 Å². The Morgan fingerprint density at radius 2 is 1.73 bits per heavy atom. The van der Waals surface area contributed by atoms with Gasteiger partial charge in [-0.3, -0.25) is 9.11 Å². The summed E-state index contributed by atoms with van der Waals surface area (Å²) in [5.74, 6) is 0. The average Bonchev–Trinajstić information content (AvgIpc) is 1.63. The largest absolute Gasteiger partial charge is 1.00 e. The van der Waals surface area contributed by atoms with E-state index in [0.29, 0.717) is 0 Å². The van der Waals surface area contributed by atoms with E-state index in [4.69, 9.17) is 22.3 Å². The Kier molecular flexibility index (Phi) is 17.5. The van der Waals surface area contributed by atoms with Gasteiger partial charge in [0.25, 0.3) is 0 Å². The molecule has 0 rings (SSSR count). The molecule has 5 nitrogen and oxygen atoms in total. The molecule has 0 aliphatic rings. The number of hydrogen-bond acceptors (Lipinski definition) is 3. The van der Waals surface area contributed by atoms with Gasteiger partial charge in [0.2, 0.25) is 0 Å². The zero-order valence-corrected chi connectivity index (χ0v) is 9.63. The molecule has 0 amide bonds. The predicted molar refractivity (Wildman–Crippen MR) is 35.8 cm³/mol. The van der Waals surface area contributed by atoms with Crippen LogP contribution in [0.25, 0.3) is 0 Å². The van der Waals surface area contributed by atoms with E-state index in [0.717, 1.165) is 6.61 Å². The van der Waals surface area contributed by atoms with E-state index >= 15 is 0 Å². The molecule has 0 saturated heterocycles. The third kappa shape index (κ3) is 105. The average molecular weight is 194 g/mol. The number of rotatable bonds is 2. The minimum Gasteiger partial charge on any atom is -0.552 e. The first-order chi connectivity index (χ1) is 4.41. The summed E-state index contributed by atoms with van der Waals surface area (Å²) in [4.78, 5) is 0. The van der Waals surface area contributed by atoms with E-state index < -0.39 is 10.4 Å². The van der Waals surface area contributed by atoms with Gasteiger partial charge in [-0.2, -0.15) is 15.3 Å². The Hall–Kier alpha value is 0.830. The Bertz CT molecular complexity index is 133. The molecule has 0 atom stereocenters. The van der Waals surface area contributed by atoms with Gasteiger partial charge in [0.05, 0.1) is 0 Å². The molecule has 0 heterocycles. The van der Waals surface area contributed by atoms with Crippen molar-refractivity contribution in [3.63, 3.8) is 0 Å². The molecule has 0 spiro atoms. The molecular formula is C4H11NaO5S. The first kappa shape index (κ1) is 17.8. The van der Waals surface area contributed by atoms with Gasteiger partial charge in [-0.05, 0) is 6.92 Å². The van der Waals surface area contributed by atoms with Crippen LogP contribution in [0.1, 0.15) is 13.8 Å². The maximum atomic E-state index is 8.74. The molecule has 0 unspecified atom stereocenters. The van der Waals surface area contributed by atoms with Gasteiger partial charge in [-0.1, -0.05) is 0 Å². The molecular weight excluding hydrogens is 183 g/mol. The molecule has 0 aliphatic carbocycles. The summed E-state index contributed by atoms with van der Waals surface area (Å²) in [6, 6.07) is 0. The van der Waals surface area contributed by atoms with Crippen molar-refractivity contribution in [2.24, 2.45) is 0 Å². The van der Waals surface area contributed by atoms with E-state index in [-0.39, 0.29) is 29.6 Å². The summed E-state index contributed by atoms with van der Waals surface area (Å²) in [6.45, 7) is 6.29. The molecule has 0 fully saturated rings. The second kappa shape index (κ2) is 10.8. The standard InChI is InChI=1S/C4H9O.Na.H2O4S/c1-3-5-4-2;;1-5(2,3)4/h3H,4H2,1-2H3;;(H2,1,2,3,4)/q-1;+1;. The van der Waals surface area contributed by atoms with E-state index in [9.17, 15) is 0 Å². The van der Waals surface area contributed by atoms with Crippen molar-refractivity contribution in [3.8, 4) is 0 Å². The van der Waals surface area contributed by atoms with Crippen LogP contribution in [0.4, 0.5) is 0 Å².